The summed E-state index contributed by atoms with van der Waals surface area (Å²) in [6.07, 6.45) is 0. The standard InChI is InChI=1S/C15H14N2O6S/c1-22-14(18)12-9-5-6-10-13(12)16-15(19)17-23-24(20,21)11-7-3-2-4-8-11/h2-10H,1H3,(H2,16,17,19). The molecule has 0 bridgehead atoms. The highest BCUT2D eigenvalue weighted by Crippen LogP contribution is 2.16. The zero-order chi connectivity index (χ0) is 17.6. The fourth-order valence-electron chi connectivity index (χ4n) is 1.76. The molecule has 0 aliphatic rings. The smallest absolute Gasteiger partial charge is 0.344 e. The van der Waals surface area contributed by atoms with E-state index < -0.39 is 22.1 Å². The molecule has 0 unspecified atom stereocenters. The van der Waals surface area contributed by atoms with Crippen molar-refractivity contribution in [2.24, 2.45) is 0 Å². The van der Waals surface area contributed by atoms with E-state index in [2.05, 4.69) is 14.3 Å². The van der Waals surface area contributed by atoms with Gasteiger partial charge in [-0.15, -0.1) is 4.28 Å². The number of carbonyl (C=O) groups is 2. The second kappa shape index (κ2) is 7.57. The molecule has 0 fully saturated rings. The van der Waals surface area contributed by atoms with Crippen molar-refractivity contribution in [3.05, 3.63) is 60.2 Å². The number of hydrogen-bond donors (Lipinski definition) is 2. The van der Waals surface area contributed by atoms with Gasteiger partial charge in [-0.3, -0.25) is 0 Å². The van der Waals surface area contributed by atoms with E-state index in [-0.39, 0.29) is 16.1 Å². The highest BCUT2D eigenvalue weighted by Gasteiger charge is 2.18. The summed E-state index contributed by atoms with van der Waals surface area (Å²) in [6.45, 7) is 0. The van der Waals surface area contributed by atoms with Gasteiger partial charge in [0.2, 0.25) is 0 Å². The zero-order valence-electron chi connectivity index (χ0n) is 12.6. The van der Waals surface area contributed by atoms with Gasteiger partial charge in [0.25, 0.3) is 0 Å². The third-order valence-electron chi connectivity index (χ3n) is 2.86. The molecule has 2 aromatic carbocycles. The second-order valence-corrected chi connectivity index (χ2v) is 5.99. The molecule has 0 saturated heterocycles. The van der Waals surface area contributed by atoms with Crippen molar-refractivity contribution in [3.8, 4) is 0 Å². The summed E-state index contributed by atoms with van der Waals surface area (Å²) < 4.78 is 32.8. The lowest BCUT2D eigenvalue weighted by molar-refractivity contribution is 0.0602. The Morgan fingerprint density at radius 3 is 2.25 bits per heavy atom. The van der Waals surface area contributed by atoms with E-state index >= 15 is 0 Å². The fourth-order valence-corrected chi connectivity index (χ4v) is 2.53. The van der Waals surface area contributed by atoms with Crippen LogP contribution in [0.15, 0.2) is 59.5 Å². The molecule has 24 heavy (non-hydrogen) atoms. The monoisotopic (exact) mass is 350 g/mol. The van der Waals surface area contributed by atoms with E-state index in [4.69, 9.17) is 0 Å². The van der Waals surface area contributed by atoms with Gasteiger partial charge in [-0.25, -0.2) is 9.59 Å². The third-order valence-corrected chi connectivity index (χ3v) is 4.01. The number of hydrogen-bond acceptors (Lipinski definition) is 6. The van der Waals surface area contributed by atoms with Crippen LogP contribution in [0.4, 0.5) is 10.5 Å². The minimum absolute atomic E-state index is 0.111. The van der Waals surface area contributed by atoms with Crippen molar-refractivity contribution in [2.45, 2.75) is 4.90 Å². The van der Waals surface area contributed by atoms with Crippen molar-refractivity contribution < 1.29 is 27.0 Å². The van der Waals surface area contributed by atoms with Crippen LogP contribution in [0.5, 0.6) is 0 Å². The van der Waals surface area contributed by atoms with Gasteiger partial charge in [0.05, 0.1) is 23.3 Å². The number of nitrogens with one attached hydrogen (secondary N) is 2. The average Bonchev–Trinajstić information content (AvgIpc) is 2.60. The number of ether oxygens (including phenoxy) is 1. The van der Waals surface area contributed by atoms with Crippen LogP contribution in [-0.2, 0) is 19.1 Å². The SMILES string of the molecule is COC(=O)c1ccccc1NC(=O)NOS(=O)(=O)c1ccccc1. The third kappa shape index (κ3) is 4.31. The molecule has 2 N–H and O–H groups in total. The van der Waals surface area contributed by atoms with E-state index in [1.54, 1.807) is 23.7 Å². The first-order chi connectivity index (χ1) is 11.4. The van der Waals surface area contributed by atoms with Gasteiger partial charge < -0.3 is 10.1 Å². The molecule has 0 spiro atoms. The summed E-state index contributed by atoms with van der Waals surface area (Å²) in [7, 11) is -2.94. The molecule has 2 rings (SSSR count). The molecule has 0 aliphatic carbocycles. The topological polar surface area (TPSA) is 111 Å². The minimum Gasteiger partial charge on any atom is -0.465 e. The average molecular weight is 350 g/mol. The summed E-state index contributed by atoms with van der Waals surface area (Å²) in [5.41, 5.74) is 2.02. The summed E-state index contributed by atoms with van der Waals surface area (Å²) in [6, 6.07) is 12.4. The number of para-hydroxylation sites is 1. The van der Waals surface area contributed by atoms with Gasteiger partial charge in [-0.05, 0) is 24.3 Å². The quantitative estimate of drug-likeness (QED) is 0.629. The lowest BCUT2D eigenvalue weighted by atomic mass is 10.2. The second-order valence-electron chi connectivity index (χ2n) is 4.44. The molecule has 126 valence electrons. The maximum absolute atomic E-state index is 11.9. The van der Waals surface area contributed by atoms with Crippen LogP contribution in [0.2, 0.25) is 0 Å². The molecule has 0 atom stereocenters. The van der Waals surface area contributed by atoms with E-state index in [0.29, 0.717) is 0 Å². The molecule has 2 aromatic rings. The van der Waals surface area contributed by atoms with E-state index in [0.717, 1.165) is 0 Å². The number of esters is 1. The highest BCUT2D eigenvalue weighted by molar-refractivity contribution is 7.86. The van der Waals surface area contributed by atoms with Crippen molar-refractivity contribution in [1.82, 2.24) is 5.48 Å². The fraction of sp³-hybridized carbons (Fsp3) is 0.0667. The first-order valence-electron chi connectivity index (χ1n) is 6.67. The van der Waals surface area contributed by atoms with Gasteiger partial charge >= 0.3 is 22.1 Å². The van der Waals surface area contributed by atoms with Gasteiger partial charge in [0, 0.05) is 0 Å². The molecule has 0 saturated carbocycles. The number of amides is 2. The number of anilines is 1. The van der Waals surface area contributed by atoms with Crippen LogP contribution in [0, 0.1) is 0 Å². The lowest BCUT2D eigenvalue weighted by Crippen LogP contribution is -2.32. The maximum Gasteiger partial charge on any atom is 0.344 e. The molecule has 0 aliphatic heterocycles. The molecule has 8 nitrogen and oxygen atoms in total. The molecular weight excluding hydrogens is 336 g/mol. The van der Waals surface area contributed by atoms with E-state index in [9.17, 15) is 18.0 Å². The first-order valence-corrected chi connectivity index (χ1v) is 8.08. The Hall–Kier alpha value is -2.91. The maximum atomic E-state index is 11.9. The van der Waals surface area contributed by atoms with Crippen molar-refractivity contribution in [3.63, 3.8) is 0 Å². The predicted octanol–water partition coefficient (Wildman–Crippen LogP) is 1.92. The molecule has 2 amide bonds. The summed E-state index contributed by atoms with van der Waals surface area (Å²) in [5, 5.41) is 2.31. The van der Waals surface area contributed by atoms with Crippen LogP contribution in [0.3, 0.4) is 0 Å². The molecule has 0 radical (unpaired) electrons. The molecule has 0 heterocycles. The normalized spacial score (nSPS) is 10.7. The van der Waals surface area contributed by atoms with Gasteiger partial charge in [0.1, 0.15) is 0 Å². The Labute approximate surface area is 138 Å². The molecule has 9 heteroatoms. The van der Waals surface area contributed by atoms with Crippen molar-refractivity contribution in [2.75, 3.05) is 12.4 Å². The number of rotatable bonds is 5. The number of benzene rings is 2. The number of methoxy groups -OCH3 is 1. The van der Waals surface area contributed by atoms with Gasteiger partial charge in [-0.2, -0.15) is 13.9 Å². The minimum atomic E-state index is -4.14. The van der Waals surface area contributed by atoms with E-state index in [1.165, 1.54) is 43.5 Å². The predicted molar refractivity (Wildman–Crippen MR) is 84.6 cm³/mol. The summed E-state index contributed by atoms with van der Waals surface area (Å²) >= 11 is 0. The van der Waals surface area contributed by atoms with E-state index in [1.807, 2.05) is 0 Å². The molecule has 0 aromatic heterocycles. The largest absolute Gasteiger partial charge is 0.465 e. The highest BCUT2D eigenvalue weighted by atomic mass is 32.2. The van der Waals surface area contributed by atoms with Crippen LogP contribution in [-0.4, -0.2) is 27.5 Å². The summed E-state index contributed by atoms with van der Waals surface area (Å²) in [5.74, 6) is -0.649. The number of carbonyl (C=O) groups excluding carboxylic acids is 2. The Morgan fingerprint density at radius 2 is 1.58 bits per heavy atom. The van der Waals surface area contributed by atoms with Crippen LogP contribution in [0.1, 0.15) is 10.4 Å². The lowest BCUT2D eigenvalue weighted by Gasteiger charge is -2.10. The Morgan fingerprint density at radius 1 is 0.958 bits per heavy atom. The Balaban J connectivity index is 2.04. The first kappa shape index (κ1) is 17.4. The van der Waals surface area contributed by atoms with Crippen LogP contribution < -0.4 is 10.8 Å². The number of hydroxylamine groups is 1. The Kier molecular flexibility index (Phi) is 5.51. The van der Waals surface area contributed by atoms with Crippen molar-refractivity contribution >= 4 is 27.8 Å². The number of urea groups is 1. The Bertz CT molecular complexity index is 836. The van der Waals surface area contributed by atoms with Crippen LogP contribution >= 0.6 is 0 Å². The molecular formula is C15H14N2O6S. The van der Waals surface area contributed by atoms with Gasteiger partial charge in [0.15, 0.2) is 0 Å². The van der Waals surface area contributed by atoms with Crippen LogP contribution in [0.25, 0.3) is 0 Å². The summed E-state index contributed by atoms with van der Waals surface area (Å²) in [4.78, 5) is 23.3. The van der Waals surface area contributed by atoms with Crippen molar-refractivity contribution in [1.29, 1.82) is 0 Å². The van der Waals surface area contributed by atoms with Gasteiger partial charge in [-0.1, -0.05) is 30.3 Å². The zero-order valence-corrected chi connectivity index (χ0v) is 13.4.